The van der Waals surface area contributed by atoms with E-state index in [1.807, 2.05) is 18.2 Å². The van der Waals surface area contributed by atoms with E-state index in [-0.39, 0.29) is 35.6 Å². The molecular formula is C18H19N3O5S. The van der Waals surface area contributed by atoms with Gasteiger partial charge in [0.1, 0.15) is 17.6 Å². The molecular weight excluding hydrogens is 370 g/mol. The molecule has 142 valence electrons. The molecule has 1 aliphatic rings. The Balaban J connectivity index is 1.64. The summed E-state index contributed by atoms with van der Waals surface area (Å²) in [7, 11) is -3.10. The Kier molecular flexibility index (Phi) is 4.26. The second kappa shape index (κ2) is 6.49. The first-order valence-electron chi connectivity index (χ1n) is 8.76. The summed E-state index contributed by atoms with van der Waals surface area (Å²) in [5.41, 5.74) is 0.707. The van der Waals surface area contributed by atoms with Crippen molar-refractivity contribution in [3.63, 3.8) is 0 Å². The van der Waals surface area contributed by atoms with Gasteiger partial charge in [-0.2, -0.15) is 0 Å². The van der Waals surface area contributed by atoms with Crippen molar-refractivity contribution in [1.29, 1.82) is 0 Å². The largest absolute Gasteiger partial charge is 0.448 e. The molecule has 3 heterocycles. The van der Waals surface area contributed by atoms with E-state index >= 15 is 0 Å². The van der Waals surface area contributed by atoms with E-state index < -0.39 is 15.4 Å². The minimum absolute atomic E-state index is 0.0255. The molecule has 0 aliphatic carbocycles. The molecule has 3 aromatic rings. The molecule has 0 radical (unpaired) electrons. The van der Waals surface area contributed by atoms with Crippen LogP contribution >= 0.6 is 0 Å². The Morgan fingerprint density at radius 2 is 2.15 bits per heavy atom. The lowest BCUT2D eigenvalue weighted by molar-refractivity contribution is -0.133. The highest BCUT2D eigenvalue weighted by molar-refractivity contribution is 7.91. The number of likely N-dealkylation sites (N-methyl/N-ethyl adjacent to an activating group) is 1. The van der Waals surface area contributed by atoms with E-state index in [0.29, 0.717) is 24.1 Å². The molecule has 1 atom stereocenters. The number of rotatable bonds is 4. The van der Waals surface area contributed by atoms with Crippen molar-refractivity contribution in [2.24, 2.45) is 0 Å². The molecule has 0 saturated carbocycles. The second-order valence-corrected chi connectivity index (χ2v) is 8.92. The number of para-hydroxylation sites is 1. The third kappa shape index (κ3) is 3.12. The predicted molar refractivity (Wildman–Crippen MR) is 100 cm³/mol. The minimum Gasteiger partial charge on any atom is -0.448 e. The van der Waals surface area contributed by atoms with Crippen LogP contribution in [0.4, 0.5) is 0 Å². The molecule has 9 heteroatoms. The van der Waals surface area contributed by atoms with Gasteiger partial charge in [0.2, 0.25) is 11.5 Å². The third-order valence-corrected chi connectivity index (χ3v) is 6.72. The first kappa shape index (κ1) is 17.7. The average molecular weight is 389 g/mol. The molecule has 1 saturated heterocycles. The number of furan rings is 1. The van der Waals surface area contributed by atoms with Crippen LogP contribution in [-0.2, 0) is 21.2 Å². The molecule has 1 aromatic carbocycles. The van der Waals surface area contributed by atoms with Crippen LogP contribution in [-0.4, -0.2) is 52.9 Å². The summed E-state index contributed by atoms with van der Waals surface area (Å²) in [6.07, 6.45) is 1.77. The monoisotopic (exact) mass is 389 g/mol. The zero-order valence-corrected chi connectivity index (χ0v) is 15.6. The lowest BCUT2D eigenvalue weighted by atomic mass is 10.2. The summed E-state index contributed by atoms with van der Waals surface area (Å²) < 4.78 is 30.3. The Bertz CT molecular complexity index is 1190. The topological polar surface area (TPSA) is 102 Å². The van der Waals surface area contributed by atoms with Crippen LogP contribution in [0.5, 0.6) is 0 Å². The van der Waals surface area contributed by atoms with E-state index in [0.717, 1.165) is 5.39 Å². The van der Waals surface area contributed by atoms with Crippen molar-refractivity contribution in [2.75, 3.05) is 18.1 Å². The Morgan fingerprint density at radius 1 is 1.37 bits per heavy atom. The van der Waals surface area contributed by atoms with Gasteiger partial charge in [0, 0.05) is 18.0 Å². The zero-order chi connectivity index (χ0) is 19.2. The van der Waals surface area contributed by atoms with Crippen LogP contribution in [0.1, 0.15) is 13.3 Å². The van der Waals surface area contributed by atoms with Crippen molar-refractivity contribution in [3.05, 3.63) is 40.9 Å². The average Bonchev–Trinajstić information content (AvgIpc) is 3.18. The van der Waals surface area contributed by atoms with Crippen LogP contribution in [0.25, 0.3) is 22.1 Å². The molecule has 0 unspecified atom stereocenters. The fraction of sp³-hybridized carbons (Fsp3) is 0.389. The molecule has 27 heavy (non-hydrogen) atoms. The number of hydrogen-bond donors (Lipinski definition) is 0. The lowest BCUT2D eigenvalue weighted by Gasteiger charge is -2.27. The number of hydrogen-bond acceptors (Lipinski definition) is 6. The van der Waals surface area contributed by atoms with Crippen molar-refractivity contribution in [3.8, 4) is 0 Å². The number of benzene rings is 1. The van der Waals surface area contributed by atoms with Gasteiger partial charge in [0.05, 0.1) is 17.8 Å². The Morgan fingerprint density at radius 3 is 2.85 bits per heavy atom. The Hall–Kier alpha value is -2.68. The van der Waals surface area contributed by atoms with E-state index in [4.69, 9.17) is 4.42 Å². The summed E-state index contributed by atoms with van der Waals surface area (Å²) in [5, 5.41) is 0.745. The van der Waals surface area contributed by atoms with E-state index in [2.05, 4.69) is 4.98 Å². The molecule has 1 aliphatic heterocycles. The zero-order valence-electron chi connectivity index (χ0n) is 14.8. The van der Waals surface area contributed by atoms with Crippen LogP contribution in [0.15, 0.2) is 39.8 Å². The van der Waals surface area contributed by atoms with Crippen LogP contribution in [0.2, 0.25) is 0 Å². The molecule has 1 fully saturated rings. The summed E-state index contributed by atoms with van der Waals surface area (Å²) >= 11 is 0. The van der Waals surface area contributed by atoms with E-state index in [1.165, 1.54) is 15.8 Å². The molecule has 4 rings (SSSR count). The number of amides is 1. The maximum atomic E-state index is 12.7. The highest BCUT2D eigenvalue weighted by Gasteiger charge is 2.34. The molecule has 0 spiro atoms. The normalized spacial score (nSPS) is 18.9. The molecule has 0 N–H and O–H groups in total. The van der Waals surface area contributed by atoms with Crippen LogP contribution in [0, 0.1) is 0 Å². The van der Waals surface area contributed by atoms with Crippen LogP contribution < -0.4 is 5.56 Å². The minimum atomic E-state index is -3.10. The first-order chi connectivity index (χ1) is 12.9. The summed E-state index contributed by atoms with van der Waals surface area (Å²) in [6.45, 7) is 1.98. The van der Waals surface area contributed by atoms with Gasteiger partial charge in [-0.25, -0.2) is 13.4 Å². The molecule has 1 amide bonds. The van der Waals surface area contributed by atoms with E-state index in [9.17, 15) is 18.0 Å². The van der Waals surface area contributed by atoms with Gasteiger partial charge in [0.15, 0.2) is 9.84 Å². The maximum absolute atomic E-state index is 12.7. The van der Waals surface area contributed by atoms with Gasteiger partial charge >= 0.3 is 0 Å². The van der Waals surface area contributed by atoms with Crippen molar-refractivity contribution >= 4 is 37.8 Å². The van der Waals surface area contributed by atoms with E-state index in [1.54, 1.807) is 13.0 Å². The highest BCUT2D eigenvalue weighted by Crippen LogP contribution is 2.24. The highest BCUT2D eigenvalue weighted by atomic mass is 32.2. The SMILES string of the molecule is CCN(C(=O)Cn1cnc2c(oc3ccccc32)c1=O)[C@H]1CCS(=O)(=O)C1. The summed E-state index contributed by atoms with van der Waals surface area (Å²) in [6, 6.07) is 6.88. The number of carbonyl (C=O) groups is 1. The van der Waals surface area contributed by atoms with Gasteiger partial charge in [0.25, 0.3) is 5.56 Å². The van der Waals surface area contributed by atoms with Gasteiger partial charge in [-0.1, -0.05) is 12.1 Å². The number of fused-ring (bicyclic) bond motifs is 3. The fourth-order valence-corrected chi connectivity index (χ4v) is 5.35. The fourth-order valence-electron chi connectivity index (χ4n) is 3.62. The number of aromatic nitrogens is 2. The second-order valence-electron chi connectivity index (χ2n) is 6.69. The molecule has 8 nitrogen and oxygen atoms in total. The summed E-state index contributed by atoms with van der Waals surface area (Å²) in [5.74, 6) is -0.241. The summed E-state index contributed by atoms with van der Waals surface area (Å²) in [4.78, 5) is 31.3. The van der Waals surface area contributed by atoms with Gasteiger partial charge in [-0.3, -0.25) is 14.2 Å². The van der Waals surface area contributed by atoms with Gasteiger partial charge in [-0.15, -0.1) is 0 Å². The van der Waals surface area contributed by atoms with Crippen molar-refractivity contribution in [2.45, 2.75) is 25.9 Å². The van der Waals surface area contributed by atoms with Gasteiger partial charge in [-0.05, 0) is 25.5 Å². The predicted octanol–water partition coefficient (Wildman–Crippen LogP) is 1.18. The standard InChI is InChI=1S/C18H19N3O5S/c1-2-21(12-7-8-27(24,25)10-12)15(22)9-20-11-19-16-13-5-3-4-6-14(13)26-17(16)18(20)23/h3-6,11-12H,2,7-10H2,1H3/t12-/m0/s1. The smallest absolute Gasteiger partial charge is 0.297 e. The number of nitrogens with zero attached hydrogens (tertiary/aromatic N) is 3. The first-order valence-corrected chi connectivity index (χ1v) is 10.6. The van der Waals surface area contributed by atoms with Gasteiger partial charge < -0.3 is 9.32 Å². The quantitative estimate of drug-likeness (QED) is 0.664. The van der Waals surface area contributed by atoms with Crippen molar-refractivity contribution < 1.29 is 17.6 Å². The maximum Gasteiger partial charge on any atom is 0.297 e. The third-order valence-electron chi connectivity index (χ3n) is 4.97. The Labute approximate surface area is 155 Å². The molecule has 2 aromatic heterocycles. The van der Waals surface area contributed by atoms with Crippen molar-refractivity contribution in [1.82, 2.24) is 14.5 Å². The van der Waals surface area contributed by atoms with Crippen LogP contribution in [0.3, 0.4) is 0 Å². The lowest BCUT2D eigenvalue weighted by Crippen LogP contribution is -2.43. The molecule has 0 bridgehead atoms. The number of carbonyl (C=O) groups excluding carboxylic acids is 1. The number of sulfone groups is 1.